The number of hydrogen-bond donors (Lipinski definition) is 1. The van der Waals surface area contributed by atoms with Crippen LogP contribution in [0.4, 0.5) is 0 Å². The van der Waals surface area contributed by atoms with E-state index in [1.54, 1.807) is 0 Å². The molecule has 0 radical (unpaired) electrons. The highest BCUT2D eigenvalue weighted by Gasteiger charge is 1.88. The Morgan fingerprint density at radius 3 is 2.17 bits per heavy atom. The van der Waals surface area contributed by atoms with Gasteiger partial charge >= 0.3 is 0 Å². The van der Waals surface area contributed by atoms with Gasteiger partial charge < -0.3 is 5.32 Å². The molecule has 0 aliphatic heterocycles. The summed E-state index contributed by atoms with van der Waals surface area (Å²) in [6.07, 6.45) is 5.65. The quantitative estimate of drug-likeness (QED) is 0.494. The minimum absolute atomic E-state index is 0. The van der Waals surface area contributed by atoms with Crippen molar-refractivity contribution in [2.24, 2.45) is 5.92 Å². The first kappa shape index (κ1) is 14.2. The van der Waals surface area contributed by atoms with Gasteiger partial charge in [0.15, 0.2) is 0 Å². The van der Waals surface area contributed by atoms with Crippen molar-refractivity contribution in [3.63, 3.8) is 0 Å². The van der Waals surface area contributed by atoms with E-state index in [0.29, 0.717) is 12.0 Å². The maximum absolute atomic E-state index is 3.37. The van der Waals surface area contributed by atoms with Crippen LogP contribution in [0.3, 0.4) is 0 Å². The van der Waals surface area contributed by atoms with Crippen molar-refractivity contribution < 1.29 is 0 Å². The molecule has 0 aliphatic rings. The molecule has 0 spiro atoms. The van der Waals surface area contributed by atoms with Crippen LogP contribution in [0.25, 0.3) is 0 Å². The summed E-state index contributed by atoms with van der Waals surface area (Å²) in [6.45, 7) is 9.85. The molecule has 0 bridgehead atoms. The third-order valence-corrected chi connectivity index (χ3v) is 1.38. The van der Waals surface area contributed by atoms with E-state index in [1.807, 2.05) is 0 Å². The normalized spacial score (nSPS) is 11.2. The molecule has 74 valence electrons. The largest absolute Gasteiger partial charge is 0.314 e. The van der Waals surface area contributed by atoms with Gasteiger partial charge in [-0.25, -0.2) is 0 Å². The molecule has 12 heavy (non-hydrogen) atoms. The summed E-state index contributed by atoms with van der Waals surface area (Å²) < 4.78 is 0. The maximum Gasteiger partial charge on any atom is 0.00105 e. The van der Waals surface area contributed by atoms with Crippen molar-refractivity contribution in [1.82, 2.24) is 5.32 Å². The highest BCUT2D eigenvalue weighted by atomic mass is 14.9. The molecular formula is C11H25N. The van der Waals surface area contributed by atoms with Gasteiger partial charge in [-0.1, -0.05) is 47.3 Å². The predicted octanol–water partition coefficient (Wildman–Crippen LogP) is 3.22. The van der Waals surface area contributed by atoms with Gasteiger partial charge in [-0.05, 0) is 18.9 Å². The van der Waals surface area contributed by atoms with Crippen LogP contribution in [0, 0.1) is 5.92 Å². The Kier molecular flexibility index (Phi) is 10.4. The molecule has 0 saturated carbocycles. The van der Waals surface area contributed by atoms with Crippen molar-refractivity contribution in [1.29, 1.82) is 0 Å². The predicted molar refractivity (Wildman–Crippen MR) is 58.5 cm³/mol. The lowest BCUT2D eigenvalue weighted by Crippen LogP contribution is -2.23. The molecule has 0 rings (SSSR count). The van der Waals surface area contributed by atoms with Crippen molar-refractivity contribution in [2.45, 2.75) is 47.6 Å². The summed E-state index contributed by atoms with van der Waals surface area (Å²) in [5, 5.41) is 3.37. The van der Waals surface area contributed by atoms with Crippen molar-refractivity contribution in [3.05, 3.63) is 12.2 Å². The van der Waals surface area contributed by atoms with Crippen molar-refractivity contribution in [2.75, 3.05) is 6.54 Å². The average molecular weight is 171 g/mol. The lowest BCUT2D eigenvalue weighted by Gasteiger charge is -2.04. The van der Waals surface area contributed by atoms with E-state index in [0.717, 1.165) is 13.0 Å². The number of hydrogen-bond acceptors (Lipinski definition) is 1. The Morgan fingerprint density at radius 1 is 1.17 bits per heavy atom. The van der Waals surface area contributed by atoms with Crippen LogP contribution in [0.2, 0.25) is 0 Å². The molecule has 0 fully saturated rings. The van der Waals surface area contributed by atoms with Gasteiger partial charge in [-0.3, -0.25) is 0 Å². The summed E-state index contributed by atoms with van der Waals surface area (Å²) in [6, 6.07) is 0.613. The van der Waals surface area contributed by atoms with Crippen LogP contribution in [0.5, 0.6) is 0 Å². The maximum atomic E-state index is 3.37. The molecule has 0 aromatic rings. The minimum atomic E-state index is 0. The smallest absolute Gasteiger partial charge is 0.00105 e. The fraction of sp³-hybridized carbons (Fsp3) is 0.818. The Bertz CT molecular complexity index is 104. The fourth-order valence-corrected chi connectivity index (χ4v) is 0.824. The third kappa shape index (κ3) is 12.4. The van der Waals surface area contributed by atoms with Crippen LogP contribution in [-0.2, 0) is 0 Å². The first-order chi connectivity index (χ1) is 5.13. The molecule has 1 nitrogen and oxygen atoms in total. The molecule has 0 atom stereocenters. The summed E-state index contributed by atoms with van der Waals surface area (Å²) >= 11 is 0. The van der Waals surface area contributed by atoms with E-state index in [9.17, 15) is 0 Å². The molecule has 0 amide bonds. The Morgan fingerprint density at radius 2 is 1.75 bits per heavy atom. The second kappa shape index (κ2) is 8.79. The van der Waals surface area contributed by atoms with Crippen LogP contribution >= 0.6 is 0 Å². The highest BCUT2D eigenvalue weighted by Crippen LogP contribution is 1.94. The first-order valence-corrected chi connectivity index (χ1v) is 4.53. The highest BCUT2D eigenvalue weighted by molar-refractivity contribution is 4.84. The summed E-state index contributed by atoms with van der Waals surface area (Å²) in [4.78, 5) is 0. The summed E-state index contributed by atoms with van der Waals surface area (Å²) in [7, 11) is 0. The standard InChI is InChI=1S/C10H21N.CH4/c1-9(2)7-5-6-8-11-10(3)4;/h5,7,9-11H,6,8H2,1-4H3;1H4/b7-5+;. The van der Waals surface area contributed by atoms with Gasteiger partial charge in [0, 0.05) is 6.04 Å². The van der Waals surface area contributed by atoms with Crippen LogP contribution in [0.1, 0.15) is 41.5 Å². The summed E-state index contributed by atoms with van der Waals surface area (Å²) in [5.41, 5.74) is 0. The van der Waals surface area contributed by atoms with Crippen LogP contribution in [-0.4, -0.2) is 12.6 Å². The van der Waals surface area contributed by atoms with Gasteiger partial charge in [0.2, 0.25) is 0 Å². The lowest BCUT2D eigenvalue weighted by molar-refractivity contribution is 0.594. The van der Waals surface area contributed by atoms with Gasteiger partial charge in [0.1, 0.15) is 0 Å². The number of nitrogens with one attached hydrogen (secondary N) is 1. The van der Waals surface area contributed by atoms with Gasteiger partial charge in [-0.2, -0.15) is 0 Å². The van der Waals surface area contributed by atoms with Gasteiger partial charge in [-0.15, -0.1) is 0 Å². The van der Waals surface area contributed by atoms with Crippen LogP contribution < -0.4 is 5.32 Å². The molecule has 1 heteroatoms. The topological polar surface area (TPSA) is 12.0 Å². The molecular weight excluding hydrogens is 146 g/mol. The average Bonchev–Trinajstić information content (AvgIpc) is 1.85. The zero-order chi connectivity index (χ0) is 8.69. The number of rotatable bonds is 5. The molecule has 0 aromatic carbocycles. The van der Waals surface area contributed by atoms with E-state index in [2.05, 4.69) is 45.2 Å². The van der Waals surface area contributed by atoms with E-state index in [-0.39, 0.29) is 7.43 Å². The molecule has 0 aromatic heterocycles. The molecule has 0 unspecified atom stereocenters. The Hall–Kier alpha value is -0.300. The van der Waals surface area contributed by atoms with Gasteiger partial charge in [0.25, 0.3) is 0 Å². The summed E-state index contributed by atoms with van der Waals surface area (Å²) in [5.74, 6) is 0.689. The van der Waals surface area contributed by atoms with E-state index >= 15 is 0 Å². The molecule has 0 saturated heterocycles. The zero-order valence-electron chi connectivity index (χ0n) is 8.22. The second-order valence-electron chi connectivity index (χ2n) is 3.57. The zero-order valence-corrected chi connectivity index (χ0v) is 8.22. The van der Waals surface area contributed by atoms with E-state index < -0.39 is 0 Å². The van der Waals surface area contributed by atoms with Crippen molar-refractivity contribution >= 4 is 0 Å². The SMILES string of the molecule is C.CC(C)/C=C/CCNC(C)C. The third-order valence-electron chi connectivity index (χ3n) is 1.38. The van der Waals surface area contributed by atoms with Crippen LogP contribution in [0.15, 0.2) is 12.2 Å². The second-order valence-corrected chi connectivity index (χ2v) is 3.57. The van der Waals surface area contributed by atoms with E-state index in [1.165, 1.54) is 0 Å². The van der Waals surface area contributed by atoms with Crippen molar-refractivity contribution in [3.8, 4) is 0 Å². The Balaban J connectivity index is 0. The molecule has 0 heterocycles. The lowest BCUT2D eigenvalue weighted by atomic mass is 10.2. The molecule has 0 aliphatic carbocycles. The molecule has 1 N–H and O–H groups in total. The minimum Gasteiger partial charge on any atom is -0.314 e. The number of allylic oxidation sites excluding steroid dienone is 1. The Labute approximate surface area is 78.3 Å². The monoisotopic (exact) mass is 171 g/mol. The fourth-order valence-electron chi connectivity index (χ4n) is 0.824. The van der Waals surface area contributed by atoms with E-state index in [4.69, 9.17) is 0 Å². The first-order valence-electron chi connectivity index (χ1n) is 4.53. The van der Waals surface area contributed by atoms with Gasteiger partial charge in [0.05, 0.1) is 0 Å².